The number of ether oxygens (including phenoxy) is 2. The Hall–Kier alpha value is -3.96. The van der Waals surface area contributed by atoms with E-state index in [0.29, 0.717) is 48.9 Å². The molecule has 0 spiro atoms. The van der Waals surface area contributed by atoms with Crippen molar-refractivity contribution in [1.29, 1.82) is 5.26 Å². The summed E-state index contributed by atoms with van der Waals surface area (Å²) in [5.41, 5.74) is 2.77. The predicted molar refractivity (Wildman–Crippen MR) is 118 cm³/mol. The molecule has 0 radical (unpaired) electrons. The number of rotatable bonds is 6. The molecular formula is C24H22N4O4. The van der Waals surface area contributed by atoms with Gasteiger partial charge in [0.25, 0.3) is 0 Å². The molecule has 162 valence electrons. The predicted octanol–water partition coefficient (Wildman–Crippen LogP) is 3.28. The molecule has 32 heavy (non-hydrogen) atoms. The van der Waals surface area contributed by atoms with E-state index in [0.717, 1.165) is 12.0 Å². The molecule has 1 amide bonds. The summed E-state index contributed by atoms with van der Waals surface area (Å²) in [7, 11) is 0. The molecule has 1 atom stereocenters. The number of hydrogen-bond acceptors (Lipinski definition) is 6. The van der Waals surface area contributed by atoms with E-state index in [4.69, 9.17) is 14.7 Å². The van der Waals surface area contributed by atoms with Gasteiger partial charge in [0.15, 0.2) is 0 Å². The number of benzene rings is 2. The Morgan fingerprint density at radius 2 is 2.12 bits per heavy atom. The van der Waals surface area contributed by atoms with Crippen molar-refractivity contribution in [3.8, 4) is 11.8 Å². The van der Waals surface area contributed by atoms with E-state index in [1.165, 1.54) is 6.07 Å². The Morgan fingerprint density at radius 3 is 2.94 bits per heavy atom. The standard InChI is InChI=1S/C24H22N4O4/c25-14-18-4-2-6-21(12-18)28-9-7-23(29)22(27-28)13-17-3-1-5-20(11-17)26-24(30)32-16-19-8-10-31-15-19/h1-7,9,11-12,19H,8,10,13,15-16H2,(H,26,30). The zero-order chi connectivity index (χ0) is 22.3. The van der Waals surface area contributed by atoms with Crippen LogP contribution in [0.3, 0.4) is 0 Å². The first-order valence-corrected chi connectivity index (χ1v) is 10.3. The maximum absolute atomic E-state index is 12.4. The van der Waals surface area contributed by atoms with Crippen LogP contribution < -0.4 is 10.7 Å². The Balaban J connectivity index is 1.45. The summed E-state index contributed by atoms with van der Waals surface area (Å²) in [5.74, 6) is 0.243. The molecular weight excluding hydrogens is 408 g/mol. The van der Waals surface area contributed by atoms with Gasteiger partial charge in [-0.1, -0.05) is 18.2 Å². The number of hydrogen-bond donors (Lipinski definition) is 1. The lowest BCUT2D eigenvalue weighted by molar-refractivity contribution is 0.127. The van der Waals surface area contributed by atoms with Crippen molar-refractivity contribution >= 4 is 11.8 Å². The Labute approximate surface area is 185 Å². The number of nitriles is 1. The zero-order valence-electron chi connectivity index (χ0n) is 17.4. The Morgan fingerprint density at radius 1 is 1.25 bits per heavy atom. The van der Waals surface area contributed by atoms with Crippen LogP contribution in [0.25, 0.3) is 5.69 Å². The summed E-state index contributed by atoms with van der Waals surface area (Å²) >= 11 is 0. The van der Waals surface area contributed by atoms with Crippen molar-refractivity contribution in [2.75, 3.05) is 25.1 Å². The highest BCUT2D eigenvalue weighted by Crippen LogP contribution is 2.16. The third-order valence-electron chi connectivity index (χ3n) is 5.14. The second-order valence-corrected chi connectivity index (χ2v) is 7.56. The zero-order valence-corrected chi connectivity index (χ0v) is 17.4. The van der Waals surface area contributed by atoms with E-state index in [9.17, 15) is 9.59 Å². The maximum Gasteiger partial charge on any atom is 0.411 e. The molecule has 1 aliphatic rings. The van der Waals surface area contributed by atoms with Gasteiger partial charge >= 0.3 is 6.09 Å². The van der Waals surface area contributed by atoms with Gasteiger partial charge in [-0.2, -0.15) is 10.4 Å². The minimum Gasteiger partial charge on any atom is -0.449 e. The van der Waals surface area contributed by atoms with Crippen LogP contribution in [0.5, 0.6) is 0 Å². The van der Waals surface area contributed by atoms with Gasteiger partial charge < -0.3 is 9.47 Å². The molecule has 0 bridgehead atoms. The second-order valence-electron chi connectivity index (χ2n) is 7.56. The van der Waals surface area contributed by atoms with Crippen LogP contribution in [0.2, 0.25) is 0 Å². The highest BCUT2D eigenvalue weighted by Gasteiger charge is 2.17. The molecule has 1 fully saturated rings. The summed E-state index contributed by atoms with van der Waals surface area (Å²) in [4.78, 5) is 24.5. The van der Waals surface area contributed by atoms with Crippen LogP contribution in [-0.4, -0.2) is 35.7 Å². The third-order valence-corrected chi connectivity index (χ3v) is 5.14. The molecule has 1 aromatic heterocycles. The van der Waals surface area contributed by atoms with Crippen LogP contribution in [0.1, 0.15) is 23.2 Å². The summed E-state index contributed by atoms with van der Waals surface area (Å²) in [5, 5.41) is 16.3. The van der Waals surface area contributed by atoms with Crippen molar-refractivity contribution in [2.45, 2.75) is 12.8 Å². The van der Waals surface area contributed by atoms with Gasteiger partial charge in [0.1, 0.15) is 5.69 Å². The summed E-state index contributed by atoms with van der Waals surface area (Å²) in [6.07, 6.45) is 2.24. The molecule has 2 aromatic carbocycles. The molecule has 2 heterocycles. The lowest BCUT2D eigenvalue weighted by Gasteiger charge is -2.11. The van der Waals surface area contributed by atoms with Crippen LogP contribution >= 0.6 is 0 Å². The van der Waals surface area contributed by atoms with E-state index >= 15 is 0 Å². The quantitative estimate of drug-likeness (QED) is 0.643. The van der Waals surface area contributed by atoms with E-state index in [1.54, 1.807) is 47.3 Å². The first kappa shape index (κ1) is 21.3. The largest absolute Gasteiger partial charge is 0.449 e. The average molecular weight is 430 g/mol. The lowest BCUT2D eigenvalue weighted by atomic mass is 10.1. The molecule has 0 saturated carbocycles. The Kier molecular flexibility index (Phi) is 6.58. The van der Waals surface area contributed by atoms with Gasteiger partial charge in [-0.3, -0.25) is 10.1 Å². The first-order valence-electron chi connectivity index (χ1n) is 10.3. The minimum absolute atomic E-state index is 0.186. The molecule has 1 aliphatic heterocycles. The average Bonchev–Trinajstić information content (AvgIpc) is 3.33. The van der Waals surface area contributed by atoms with Gasteiger partial charge in [-0.05, 0) is 42.3 Å². The minimum atomic E-state index is -0.522. The van der Waals surface area contributed by atoms with Crippen molar-refractivity contribution in [3.05, 3.63) is 87.8 Å². The van der Waals surface area contributed by atoms with Gasteiger partial charge in [0, 0.05) is 36.9 Å². The fraction of sp³-hybridized carbons (Fsp3) is 0.250. The van der Waals surface area contributed by atoms with Gasteiger partial charge in [0.2, 0.25) is 5.43 Å². The molecule has 1 saturated heterocycles. The number of nitrogens with one attached hydrogen (secondary N) is 1. The molecule has 8 heteroatoms. The van der Waals surface area contributed by atoms with Crippen molar-refractivity contribution in [3.63, 3.8) is 0 Å². The van der Waals surface area contributed by atoms with Crippen molar-refractivity contribution in [1.82, 2.24) is 9.78 Å². The molecule has 4 rings (SSSR count). The molecule has 3 aromatic rings. The van der Waals surface area contributed by atoms with Gasteiger partial charge in [-0.15, -0.1) is 0 Å². The fourth-order valence-corrected chi connectivity index (χ4v) is 3.45. The van der Waals surface area contributed by atoms with Crippen molar-refractivity contribution < 1.29 is 14.3 Å². The number of carbonyl (C=O) groups is 1. The monoisotopic (exact) mass is 430 g/mol. The number of amides is 1. The number of carbonyl (C=O) groups excluding carboxylic acids is 1. The van der Waals surface area contributed by atoms with Gasteiger partial charge in [0.05, 0.1) is 30.5 Å². The smallest absolute Gasteiger partial charge is 0.411 e. The summed E-state index contributed by atoms with van der Waals surface area (Å²) in [6.45, 7) is 1.65. The van der Waals surface area contributed by atoms with E-state index in [-0.39, 0.29) is 11.3 Å². The van der Waals surface area contributed by atoms with E-state index in [1.807, 2.05) is 12.1 Å². The van der Waals surface area contributed by atoms with Crippen LogP contribution in [0, 0.1) is 17.2 Å². The Bertz CT molecular complexity index is 1210. The third kappa shape index (κ3) is 5.39. The second kappa shape index (κ2) is 9.90. The highest BCUT2D eigenvalue weighted by atomic mass is 16.6. The molecule has 0 aliphatic carbocycles. The summed E-state index contributed by atoms with van der Waals surface area (Å²) in [6, 6.07) is 17.7. The van der Waals surface area contributed by atoms with Crippen LogP contribution in [-0.2, 0) is 15.9 Å². The SMILES string of the molecule is N#Cc1cccc(-n2ccc(=O)c(Cc3cccc(NC(=O)OCC4CCOC4)c3)n2)c1. The van der Waals surface area contributed by atoms with E-state index in [2.05, 4.69) is 16.5 Å². The maximum atomic E-state index is 12.4. The summed E-state index contributed by atoms with van der Waals surface area (Å²) < 4.78 is 12.1. The fourth-order valence-electron chi connectivity index (χ4n) is 3.45. The van der Waals surface area contributed by atoms with Crippen molar-refractivity contribution in [2.24, 2.45) is 5.92 Å². The first-order chi connectivity index (χ1) is 15.6. The normalized spacial score (nSPS) is 15.2. The van der Waals surface area contributed by atoms with Crippen LogP contribution in [0.15, 0.2) is 65.6 Å². The number of nitrogens with zero attached hydrogens (tertiary/aromatic N) is 3. The molecule has 1 unspecified atom stereocenters. The highest BCUT2D eigenvalue weighted by molar-refractivity contribution is 5.84. The van der Waals surface area contributed by atoms with E-state index < -0.39 is 6.09 Å². The lowest BCUT2D eigenvalue weighted by Crippen LogP contribution is -2.19. The molecule has 8 nitrogen and oxygen atoms in total. The van der Waals surface area contributed by atoms with Crippen LogP contribution in [0.4, 0.5) is 10.5 Å². The molecule has 1 N–H and O–H groups in total. The number of anilines is 1. The van der Waals surface area contributed by atoms with Gasteiger partial charge in [-0.25, -0.2) is 9.48 Å². The number of aromatic nitrogens is 2. The topological polar surface area (TPSA) is 106 Å².